The molecule has 0 fully saturated rings. The van der Waals surface area contributed by atoms with Crippen LogP contribution in [0.2, 0.25) is 0 Å². The van der Waals surface area contributed by atoms with Gasteiger partial charge in [0.05, 0.1) is 14.2 Å². The van der Waals surface area contributed by atoms with Crippen LogP contribution < -0.4 is 9.47 Å². The van der Waals surface area contributed by atoms with Crippen LogP contribution in [0.4, 0.5) is 0 Å². The Bertz CT molecular complexity index is 809. The smallest absolute Gasteiger partial charge is 0.164 e. The Morgan fingerprint density at radius 1 is 0.917 bits per heavy atom. The second-order valence-corrected chi connectivity index (χ2v) is 6.82. The third-order valence-electron chi connectivity index (χ3n) is 5.63. The van der Waals surface area contributed by atoms with Crippen molar-refractivity contribution in [2.75, 3.05) is 14.2 Å². The van der Waals surface area contributed by atoms with E-state index in [1.807, 2.05) is 18.2 Å². The first-order chi connectivity index (χ1) is 11.7. The van der Waals surface area contributed by atoms with Gasteiger partial charge in [0, 0.05) is 17.4 Å². The average molecular weight is 322 g/mol. The van der Waals surface area contributed by atoms with Gasteiger partial charge in [-0.25, -0.2) is 0 Å². The molecule has 2 aromatic rings. The lowest BCUT2D eigenvalue weighted by molar-refractivity contribution is 0.0977. The molecule has 2 aromatic carbocycles. The molecule has 0 heterocycles. The van der Waals surface area contributed by atoms with Gasteiger partial charge in [-0.05, 0) is 60.2 Å². The van der Waals surface area contributed by atoms with E-state index < -0.39 is 0 Å². The molecule has 4 rings (SSSR count). The first-order valence-electron chi connectivity index (χ1n) is 8.57. The summed E-state index contributed by atoms with van der Waals surface area (Å²) in [7, 11) is 3.35. The first-order valence-corrected chi connectivity index (χ1v) is 8.57. The summed E-state index contributed by atoms with van der Waals surface area (Å²) in [5.41, 5.74) is 4.44. The van der Waals surface area contributed by atoms with Crippen molar-refractivity contribution in [2.45, 2.75) is 37.5 Å². The van der Waals surface area contributed by atoms with Crippen molar-refractivity contribution in [2.24, 2.45) is 0 Å². The summed E-state index contributed by atoms with van der Waals surface area (Å²) in [6.07, 6.45) is 4.93. The fraction of sp³-hybridized carbons (Fsp3) is 0.381. The summed E-state index contributed by atoms with van der Waals surface area (Å²) in [6, 6.07) is 12.3. The number of carbonyl (C=O) groups excluding carboxylic acids is 1. The number of fused-ring (bicyclic) bond motifs is 4. The molecule has 0 aromatic heterocycles. The van der Waals surface area contributed by atoms with Crippen LogP contribution in [0.1, 0.15) is 52.7 Å². The third-order valence-corrected chi connectivity index (χ3v) is 5.63. The maximum atomic E-state index is 12.8. The van der Waals surface area contributed by atoms with Crippen LogP contribution in [-0.4, -0.2) is 20.0 Å². The normalized spacial score (nSPS) is 22.0. The molecule has 0 aliphatic heterocycles. The lowest BCUT2D eigenvalue weighted by atomic mass is 9.71. The molecule has 0 N–H and O–H groups in total. The van der Waals surface area contributed by atoms with E-state index in [-0.39, 0.29) is 11.2 Å². The zero-order valence-electron chi connectivity index (χ0n) is 14.2. The van der Waals surface area contributed by atoms with Crippen LogP contribution in [0.5, 0.6) is 11.5 Å². The van der Waals surface area contributed by atoms with Crippen LogP contribution in [0.15, 0.2) is 36.4 Å². The largest absolute Gasteiger partial charge is 0.497 e. The fourth-order valence-electron chi connectivity index (χ4n) is 4.47. The summed E-state index contributed by atoms with van der Waals surface area (Å²) >= 11 is 0. The minimum absolute atomic E-state index is 0.184. The number of ether oxygens (including phenoxy) is 2. The number of rotatable bonds is 2. The van der Waals surface area contributed by atoms with Gasteiger partial charge >= 0.3 is 0 Å². The summed E-state index contributed by atoms with van der Waals surface area (Å²) in [6.45, 7) is 0. The number of hydrogen-bond acceptors (Lipinski definition) is 3. The van der Waals surface area contributed by atoms with Crippen molar-refractivity contribution in [3.8, 4) is 11.5 Å². The second kappa shape index (κ2) is 5.66. The molecule has 124 valence electrons. The minimum Gasteiger partial charge on any atom is -0.497 e. The van der Waals surface area contributed by atoms with Gasteiger partial charge in [-0.15, -0.1) is 0 Å². The summed E-state index contributed by atoms with van der Waals surface area (Å²) in [5, 5.41) is 0. The summed E-state index contributed by atoms with van der Waals surface area (Å²) < 4.78 is 10.7. The van der Waals surface area contributed by atoms with Crippen LogP contribution in [0, 0.1) is 0 Å². The number of ketones is 1. The summed E-state index contributed by atoms with van der Waals surface area (Å²) in [5.74, 6) is 1.88. The van der Waals surface area contributed by atoms with Crippen molar-refractivity contribution in [3.05, 3.63) is 58.7 Å². The Balaban J connectivity index is 1.92. The molecule has 2 aliphatic carbocycles. The third kappa shape index (κ3) is 2.15. The standard InChI is InChI=1S/C21H22O3/c1-23-15-6-8-18-14(11-15)5-3-4-10-21(18)13-20(22)17-12-16(24-2)7-9-19(17)21/h6-9,11-12H,3-5,10,13H2,1-2H3. The monoisotopic (exact) mass is 322 g/mol. The van der Waals surface area contributed by atoms with Gasteiger partial charge in [0.1, 0.15) is 11.5 Å². The topological polar surface area (TPSA) is 35.5 Å². The highest BCUT2D eigenvalue weighted by atomic mass is 16.5. The van der Waals surface area contributed by atoms with Gasteiger partial charge in [0.2, 0.25) is 0 Å². The van der Waals surface area contributed by atoms with Crippen LogP contribution >= 0.6 is 0 Å². The Morgan fingerprint density at radius 3 is 2.38 bits per heavy atom. The van der Waals surface area contributed by atoms with Crippen LogP contribution in [-0.2, 0) is 11.8 Å². The fourth-order valence-corrected chi connectivity index (χ4v) is 4.47. The van der Waals surface area contributed by atoms with E-state index >= 15 is 0 Å². The number of carbonyl (C=O) groups is 1. The summed E-state index contributed by atoms with van der Waals surface area (Å²) in [4.78, 5) is 12.8. The number of Topliss-reactive ketones (excluding diaryl/α,β-unsaturated/α-hetero) is 1. The van der Waals surface area contributed by atoms with Crippen LogP contribution in [0.3, 0.4) is 0 Å². The zero-order chi connectivity index (χ0) is 16.7. The van der Waals surface area contributed by atoms with Gasteiger partial charge in [-0.1, -0.05) is 18.6 Å². The molecule has 0 saturated carbocycles. The highest BCUT2D eigenvalue weighted by Crippen LogP contribution is 2.51. The Labute approximate surface area is 142 Å². The van der Waals surface area contributed by atoms with E-state index in [0.717, 1.165) is 42.7 Å². The molecule has 1 atom stereocenters. The molecule has 3 heteroatoms. The molecule has 24 heavy (non-hydrogen) atoms. The number of benzene rings is 2. The Morgan fingerprint density at radius 2 is 1.62 bits per heavy atom. The molecule has 0 amide bonds. The highest BCUT2D eigenvalue weighted by Gasteiger charge is 2.46. The minimum atomic E-state index is -0.184. The van der Waals surface area contributed by atoms with Crippen molar-refractivity contribution in [1.82, 2.24) is 0 Å². The maximum Gasteiger partial charge on any atom is 0.164 e. The van der Waals surface area contributed by atoms with Gasteiger partial charge in [-0.3, -0.25) is 4.79 Å². The Hall–Kier alpha value is -2.29. The second-order valence-electron chi connectivity index (χ2n) is 6.82. The van der Waals surface area contributed by atoms with E-state index in [0.29, 0.717) is 6.42 Å². The van der Waals surface area contributed by atoms with Gasteiger partial charge < -0.3 is 9.47 Å². The highest BCUT2D eigenvalue weighted by molar-refractivity contribution is 6.03. The van der Waals surface area contributed by atoms with E-state index in [2.05, 4.69) is 18.2 Å². The molecule has 0 bridgehead atoms. The number of methoxy groups -OCH3 is 2. The van der Waals surface area contributed by atoms with Crippen molar-refractivity contribution in [3.63, 3.8) is 0 Å². The first kappa shape index (κ1) is 15.3. The Kier molecular flexibility index (Phi) is 3.60. The molecule has 1 unspecified atom stereocenters. The van der Waals surface area contributed by atoms with Crippen molar-refractivity contribution in [1.29, 1.82) is 0 Å². The lowest BCUT2D eigenvalue weighted by Gasteiger charge is -2.31. The van der Waals surface area contributed by atoms with E-state index in [1.54, 1.807) is 14.2 Å². The molecule has 0 radical (unpaired) electrons. The van der Waals surface area contributed by atoms with Crippen molar-refractivity contribution < 1.29 is 14.3 Å². The predicted molar refractivity (Wildman–Crippen MR) is 93.3 cm³/mol. The molecule has 0 saturated heterocycles. The molecular formula is C21H22O3. The van der Waals surface area contributed by atoms with Gasteiger partial charge in [0.15, 0.2) is 5.78 Å². The van der Waals surface area contributed by atoms with Crippen molar-refractivity contribution >= 4 is 5.78 Å². The van der Waals surface area contributed by atoms with Gasteiger partial charge in [-0.2, -0.15) is 0 Å². The predicted octanol–water partition coefficient (Wildman–Crippen LogP) is 4.30. The quantitative estimate of drug-likeness (QED) is 0.827. The van der Waals surface area contributed by atoms with Crippen LogP contribution in [0.25, 0.3) is 0 Å². The average Bonchev–Trinajstić information content (AvgIpc) is 2.78. The SMILES string of the molecule is COc1ccc2c(c1)CCCCC21CC(=O)c2cc(OC)ccc21. The lowest BCUT2D eigenvalue weighted by Crippen LogP contribution is -2.25. The molecular weight excluding hydrogens is 300 g/mol. The molecule has 1 spiro atoms. The maximum absolute atomic E-state index is 12.8. The van der Waals surface area contributed by atoms with Gasteiger partial charge in [0.25, 0.3) is 0 Å². The number of hydrogen-bond donors (Lipinski definition) is 0. The zero-order valence-corrected chi connectivity index (χ0v) is 14.2. The van der Waals surface area contributed by atoms with E-state index in [1.165, 1.54) is 16.7 Å². The van der Waals surface area contributed by atoms with E-state index in [9.17, 15) is 4.79 Å². The number of aryl methyl sites for hydroxylation is 1. The molecule has 3 nitrogen and oxygen atoms in total. The van der Waals surface area contributed by atoms with E-state index in [4.69, 9.17) is 9.47 Å². The molecule has 2 aliphatic rings.